The first-order chi connectivity index (χ1) is 9.25. The number of aryl methyl sites for hydroxylation is 1. The highest BCUT2D eigenvalue weighted by atomic mass is 35.5. The molecule has 0 aliphatic carbocycles. The molecule has 0 bridgehead atoms. The summed E-state index contributed by atoms with van der Waals surface area (Å²) in [7, 11) is 0. The highest BCUT2D eigenvalue weighted by Gasteiger charge is 2.03. The van der Waals surface area contributed by atoms with E-state index in [1.54, 1.807) is 24.7 Å². The first kappa shape index (κ1) is 16.1. The number of halogens is 1. The van der Waals surface area contributed by atoms with E-state index in [1.165, 1.54) is 12.1 Å². The van der Waals surface area contributed by atoms with Crippen LogP contribution in [0, 0.1) is 10.1 Å². The molecule has 1 aromatic heterocycles. The molecule has 0 unspecified atom stereocenters. The van der Waals surface area contributed by atoms with Gasteiger partial charge in [-0.05, 0) is 18.5 Å². The minimum Gasteiger partial charge on any atom is -0.337 e. The molecule has 1 aromatic carbocycles. The van der Waals surface area contributed by atoms with E-state index in [0.717, 1.165) is 31.6 Å². The van der Waals surface area contributed by atoms with Gasteiger partial charge in [0.05, 0.1) is 11.3 Å². The lowest BCUT2D eigenvalue weighted by molar-refractivity contribution is -0.384. The van der Waals surface area contributed by atoms with Gasteiger partial charge >= 0.3 is 0 Å². The lowest BCUT2D eigenvalue weighted by Crippen LogP contribution is -2.16. The smallest absolute Gasteiger partial charge is 0.269 e. The van der Waals surface area contributed by atoms with Gasteiger partial charge in [0.15, 0.2) is 0 Å². The van der Waals surface area contributed by atoms with E-state index in [0.29, 0.717) is 0 Å². The number of benzene rings is 1. The molecule has 0 radical (unpaired) electrons. The summed E-state index contributed by atoms with van der Waals surface area (Å²) in [5.41, 5.74) is 1.18. The van der Waals surface area contributed by atoms with Crippen LogP contribution in [0.4, 0.5) is 5.69 Å². The molecule has 0 fully saturated rings. The van der Waals surface area contributed by atoms with Crippen LogP contribution in [-0.4, -0.2) is 21.0 Å². The number of non-ortho nitro benzene ring substituents is 1. The Kier molecular flexibility index (Phi) is 6.69. The van der Waals surface area contributed by atoms with Crippen LogP contribution in [0.3, 0.4) is 0 Å². The predicted molar refractivity (Wildman–Crippen MR) is 78.9 cm³/mol. The molecule has 0 saturated carbocycles. The number of rotatable bonds is 7. The Hall–Kier alpha value is -1.92. The van der Waals surface area contributed by atoms with Crippen LogP contribution in [0.25, 0.3) is 0 Å². The van der Waals surface area contributed by atoms with Gasteiger partial charge in [0.1, 0.15) is 0 Å². The van der Waals surface area contributed by atoms with Crippen molar-refractivity contribution >= 4 is 18.1 Å². The second-order valence-corrected chi connectivity index (χ2v) is 4.25. The van der Waals surface area contributed by atoms with Crippen LogP contribution < -0.4 is 5.32 Å². The summed E-state index contributed by atoms with van der Waals surface area (Å²) >= 11 is 0. The van der Waals surface area contributed by atoms with Crippen molar-refractivity contribution in [3.05, 3.63) is 58.7 Å². The van der Waals surface area contributed by atoms with Crippen molar-refractivity contribution in [3.63, 3.8) is 0 Å². The van der Waals surface area contributed by atoms with E-state index >= 15 is 0 Å². The third-order valence-electron chi connectivity index (χ3n) is 2.81. The minimum absolute atomic E-state index is 0. The summed E-state index contributed by atoms with van der Waals surface area (Å²) in [6.07, 6.45) is 6.53. The molecule has 7 heteroatoms. The van der Waals surface area contributed by atoms with Crippen molar-refractivity contribution in [2.45, 2.75) is 19.5 Å². The summed E-state index contributed by atoms with van der Waals surface area (Å²) in [6, 6.07) is 6.62. The minimum atomic E-state index is -0.387. The Morgan fingerprint density at radius 3 is 2.65 bits per heavy atom. The second kappa shape index (κ2) is 8.29. The summed E-state index contributed by atoms with van der Waals surface area (Å²) in [5, 5.41) is 13.8. The summed E-state index contributed by atoms with van der Waals surface area (Å²) < 4.78 is 2.04. The number of hydrogen-bond acceptors (Lipinski definition) is 4. The zero-order valence-electron chi connectivity index (χ0n) is 10.9. The molecule has 108 valence electrons. The number of nitro benzene ring substituents is 1. The van der Waals surface area contributed by atoms with Crippen molar-refractivity contribution < 1.29 is 4.92 Å². The number of aromatic nitrogens is 2. The van der Waals surface area contributed by atoms with Crippen molar-refractivity contribution in [2.75, 3.05) is 6.54 Å². The van der Waals surface area contributed by atoms with Crippen molar-refractivity contribution in [1.82, 2.24) is 14.9 Å². The van der Waals surface area contributed by atoms with Crippen LogP contribution in [0.5, 0.6) is 0 Å². The Morgan fingerprint density at radius 2 is 2.05 bits per heavy atom. The van der Waals surface area contributed by atoms with Gasteiger partial charge in [0, 0.05) is 37.6 Å². The maximum atomic E-state index is 10.5. The molecule has 2 aromatic rings. The fourth-order valence-corrected chi connectivity index (χ4v) is 1.77. The molecule has 6 nitrogen and oxygen atoms in total. The number of nitrogens with one attached hydrogen (secondary N) is 1. The number of imidazole rings is 1. The highest BCUT2D eigenvalue weighted by Crippen LogP contribution is 2.11. The predicted octanol–water partition coefficient (Wildman–Crippen LogP) is 2.39. The van der Waals surface area contributed by atoms with Gasteiger partial charge in [0.25, 0.3) is 5.69 Å². The molecule has 0 spiro atoms. The van der Waals surface area contributed by atoms with Crippen molar-refractivity contribution in [2.24, 2.45) is 0 Å². The lowest BCUT2D eigenvalue weighted by atomic mass is 10.2. The normalized spacial score (nSPS) is 10.0. The Balaban J connectivity index is 0.00000200. The molecule has 1 heterocycles. The van der Waals surface area contributed by atoms with Gasteiger partial charge in [-0.1, -0.05) is 12.1 Å². The van der Waals surface area contributed by atoms with E-state index in [4.69, 9.17) is 0 Å². The monoisotopic (exact) mass is 296 g/mol. The molecule has 0 aliphatic heterocycles. The zero-order valence-corrected chi connectivity index (χ0v) is 11.8. The average molecular weight is 297 g/mol. The van der Waals surface area contributed by atoms with Crippen molar-refractivity contribution in [3.8, 4) is 0 Å². The molecule has 2 rings (SSSR count). The molecule has 0 aliphatic rings. The van der Waals surface area contributed by atoms with E-state index in [2.05, 4.69) is 10.3 Å². The standard InChI is InChI=1S/C13H16N4O2.ClH/c18-17(19)13-4-2-12(3-5-13)10-14-6-1-8-16-9-7-15-11-16;/h2-5,7,9,11,14H,1,6,8,10H2;1H. The van der Waals surface area contributed by atoms with Crippen LogP contribution >= 0.6 is 12.4 Å². The molecule has 0 amide bonds. The van der Waals surface area contributed by atoms with Crippen molar-refractivity contribution in [1.29, 1.82) is 0 Å². The first-order valence-corrected chi connectivity index (χ1v) is 6.15. The first-order valence-electron chi connectivity index (χ1n) is 6.15. The number of nitrogens with zero attached hydrogens (tertiary/aromatic N) is 3. The zero-order chi connectivity index (χ0) is 13.5. The van der Waals surface area contributed by atoms with E-state index < -0.39 is 0 Å². The maximum Gasteiger partial charge on any atom is 0.269 e. The topological polar surface area (TPSA) is 73.0 Å². The van der Waals surface area contributed by atoms with Crippen LogP contribution in [0.15, 0.2) is 43.0 Å². The quantitative estimate of drug-likeness (QED) is 0.484. The number of hydrogen-bond donors (Lipinski definition) is 1. The molecule has 20 heavy (non-hydrogen) atoms. The van der Waals surface area contributed by atoms with Crippen LogP contribution in [0.2, 0.25) is 0 Å². The van der Waals surface area contributed by atoms with Gasteiger partial charge in [-0.25, -0.2) is 4.98 Å². The Labute approximate surface area is 123 Å². The van der Waals surface area contributed by atoms with Gasteiger partial charge in [-0.3, -0.25) is 10.1 Å². The van der Waals surface area contributed by atoms with E-state index in [-0.39, 0.29) is 23.0 Å². The summed E-state index contributed by atoms with van der Waals surface area (Å²) in [4.78, 5) is 14.1. The fraction of sp³-hybridized carbons (Fsp3) is 0.308. The van der Waals surface area contributed by atoms with Crippen LogP contribution in [0.1, 0.15) is 12.0 Å². The highest BCUT2D eigenvalue weighted by molar-refractivity contribution is 5.85. The second-order valence-electron chi connectivity index (χ2n) is 4.25. The lowest BCUT2D eigenvalue weighted by Gasteiger charge is -2.05. The third-order valence-corrected chi connectivity index (χ3v) is 2.81. The molecular formula is C13H17ClN4O2. The van der Waals surface area contributed by atoms with Gasteiger partial charge < -0.3 is 9.88 Å². The average Bonchev–Trinajstić information content (AvgIpc) is 2.92. The Morgan fingerprint density at radius 1 is 1.30 bits per heavy atom. The molecule has 1 N–H and O–H groups in total. The Bertz CT molecular complexity index is 514. The molecule has 0 saturated heterocycles. The van der Waals surface area contributed by atoms with Gasteiger partial charge in [-0.2, -0.15) is 0 Å². The van der Waals surface area contributed by atoms with E-state index in [9.17, 15) is 10.1 Å². The number of nitro groups is 1. The van der Waals surface area contributed by atoms with Gasteiger partial charge in [0.2, 0.25) is 0 Å². The third kappa shape index (κ3) is 4.99. The SMILES string of the molecule is Cl.O=[N+]([O-])c1ccc(CNCCCn2ccnc2)cc1. The van der Waals surface area contributed by atoms with E-state index in [1.807, 2.05) is 10.8 Å². The van der Waals surface area contributed by atoms with Crippen LogP contribution in [-0.2, 0) is 13.1 Å². The largest absolute Gasteiger partial charge is 0.337 e. The van der Waals surface area contributed by atoms with Gasteiger partial charge in [-0.15, -0.1) is 12.4 Å². The fourth-order valence-electron chi connectivity index (χ4n) is 1.77. The molecular weight excluding hydrogens is 280 g/mol. The summed E-state index contributed by atoms with van der Waals surface area (Å²) in [6.45, 7) is 2.56. The summed E-state index contributed by atoms with van der Waals surface area (Å²) in [5.74, 6) is 0. The molecule has 0 atom stereocenters. The maximum absolute atomic E-state index is 10.5.